The highest BCUT2D eigenvalue weighted by atomic mass is 16.3. The van der Waals surface area contributed by atoms with Gasteiger partial charge in [0.25, 0.3) is 0 Å². The second-order valence-corrected chi connectivity index (χ2v) is 4.94. The van der Waals surface area contributed by atoms with Crippen LogP contribution in [0.3, 0.4) is 0 Å². The van der Waals surface area contributed by atoms with Crippen molar-refractivity contribution in [2.75, 3.05) is 23.4 Å². The second kappa shape index (κ2) is 5.40. The van der Waals surface area contributed by atoms with Crippen molar-refractivity contribution in [3.05, 3.63) is 23.8 Å². The number of hydrogen-bond donors (Lipinski definition) is 2. The number of aliphatic hydroxyl groups is 1. The number of hydrogen-bond acceptors (Lipinski definition) is 3. The molecule has 0 aliphatic carbocycles. The van der Waals surface area contributed by atoms with Gasteiger partial charge in [0.1, 0.15) is 0 Å². The zero-order valence-corrected chi connectivity index (χ0v) is 11.1. The molecular formula is C14H18N2O3. The zero-order chi connectivity index (χ0) is 14.0. The Labute approximate surface area is 112 Å². The number of carbonyl (C=O) groups excluding carboxylic acids is 2. The van der Waals surface area contributed by atoms with Gasteiger partial charge in [-0.25, -0.2) is 0 Å². The summed E-state index contributed by atoms with van der Waals surface area (Å²) in [5, 5.41) is 11.9. The molecule has 2 amide bonds. The van der Waals surface area contributed by atoms with Gasteiger partial charge in [-0.1, -0.05) is 6.07 Å². The summed E-state index contributed by atoms with van der Waals surface area (Å²) >= 11 is 0. The van der Waals surface area contributed by atoms with Gasteiger partial charge in [-0.3, -0.25) is 9.59 Å². The highest BCUT2D eigenvalue weighted by Gasteiger charge is 2.30. The van der Waals surface area contributed by atoms with Crippen LogP contribution in [0.4, 0.5) is 11.4 Å². The molecule has 1 fully saturated rings. The molecule has 2 N–H and O–H groups in total. The molecule has 1 aromatic rings. The molecule has 1 heterocycles. The van der Waals surface area contributed by atoms with E-state index >= 15 is 0 Å². The molecule has 2 rings (SSSR count). The van der Waals surface area contributed by atoms with Gasteiger partial charge < -0.3 is 15.3 Å². The fourth-order valence-electron chi connectivity index (χ4n) is 2.26. The molecule has 0 saturated carbocycles. The third-order valence-corrected chi connectivity index (χ3v) is 3.31. The van der Waals surface area contributed by atoms with Crippen molar-refractivity contribution in [3.8, 4) is 0 Å². The maximum atomic E-state index is 11.9. The first-order chi connectivity index (χ1) is 9.01. The van der Waals surface area contributed by atoms with Gasteiger partial charge >= 0.3 is 0 Å². The number of benzene rings is 1. The summed E-state index contributed by atoms with van der Waals surface area (Å²) in [6.45, 7) is 3.90. The molecule has 1 unspecified atom stereocenters. The molecule has 1 saturated heterocycles. The van der Waals surface area contributed by atoms with Gasteiger partial charge in [-0.05, 0) is 24.6 Å². The standard InChI is InChI=1S/C14H18N2O3/c1-9-3-4-12(6-13(9)15-10(2)18)16-7-11(8-17)5-14(16)19/h3-4,6,11,17H,5,7-8H2,1-2H3,(H,15,18). The number of nitrogens with one attached hydrogen (secondary N) is 1. The van der Waals surface area contributed by atoms with Crippen LogP contribution in [0.25, 0.3) is 0 Å². The van der Waals surface area contributed by atoms with Crippen LogP contribution in [0.2, 0.25) is 0 Å². The van der Waals surface area contributed by atoms with Crippen LogP contribution < -0.4 is 10.2 Å². The van der Waals surface area contributed by atoms with Gasteiger partial charge in [0.05, 0.1) is 0 Å². The quantitative estimate of drug-likeness (QED) is 0.862. The lowest BCUT2D eigenvalue weighted by Gasteiger charge is -2.18. The van der Waals surface area contributed by atoms with Crippen LogP contribution in [0.1, 0.15) is 18.9 Å². The van der Waals surface area contributed by atoms with E-state index in [4.69, 9.17) is 5.11 Å². The molecule has 0 radical (unpaired) electrons. The van der Waals surface area contributed by atoms with Crippen molar-refractivity contribution in [3.63, 3.8) is 0 Å². The largest absolute Gasteiger partial charge is 0.396 e. The maximum Gasteiger partial charge on any atom is 0.227 e. The number of rotatable bonds is 3. The normalized spacial score (nSPS) is 18.8. The topological polar surface area (TPSA) is 69.6 Å². The molecule has 5 heteroatoms. The van der Waals surface area contributed by atoms with E-state index in [1.165, 1.54) is 6.92 Å². The first kappa shape index (κ1) is 13.5. The van der Waals surface area contributed by atoms with Crippen LogP contribution in [-0.4, -0.2) is 30.1 Å². The number of aryl methyl sites for hydroxylation is 1. The van der Waals surface area contributed by atoms with Crippen molar-refractivity contribution >= 4 is 23.2 Å². The van der Waals surface area contributed by atoms with Gasteiger partial charge in [-0.2, -0.15) is 0 Å². The second-order valence-electron chi connectivity index (χ2n) is 4.94. The molecule has 1 aliphatic heterocycles. The van der Waals surface area contributed by atoms with Crippen LogP contribution in [0.15, 0.2) is 18.2 Å². The SMILES string of the molecule is CC(=O)Nc1cc(N2CC(CO)CC2=O)ccc1C. The van der Waals surface area contributed by atoms with Crippen molar-refractivity contribution in [1.29, 1.82) is 0 Å². The number of aliphatic hydroxyl groups excluding tert-OH is 1. The minimum absolute atomic E-state index is 0.00183. The highest BCUT2D eigenvalue weighted by molar-refractivity contribution is 5.97. The molecule has 1 aliphatic rings. The van der Waals surface area contributed by atoms with E-state index in [1.807, 2.05) is 19.1 Å². The van der Waals surface area contributed by atoms with Crippen molar-refractivity contribution in [1.82, 2.24) is 0 Å². The Morgan fingerprint density at radius 2 is 2.26 bits per heavy atom. The van der Waals surface area contributed by atoms with E-state index in [2.05, 4.69) is 5.32 Å². The first-order valence-corrected chi connectivity index (χ1v) is 6.30. The highest BCUT2D eigenvalue weighted by Crippen LogP contribution is 2.28. The fraction of sp³-hybridized carbons (Fsp3) is 0.429. The molecule has 0 spiro atoms. The monoisotopic (exact) mass is 262 g/mol. The van der Waals surface area contributed by atoms with Crippen LogP contribution >= 0.6 is 0 Å². The average molecular weight is 262 g/mol. The average Bonchev–Trinajstić information content (AvgIpc) is 2.73. The Hall–Kier alpha value is -1.88. The molecule has 0 aromatic heterocycles. The van der Waals surface area contributed by atoms with E-state index in [9.17, 15) is 9.59 Å². The summed E-state index contributed by atoms with van der Waals surface area (Å²) in [4.78, 5) is 24.7. The summed E-state index contributed by atoms with van der Waals surface area (Å²) in [5.41, 5.74) is 2.42. The smallest absolute Gasteiger partial charge is 0.227 e. The molecule has 19 heavy (non-hydrogen) atoms. The van der Waals surface area contributed by atoms with E-state index in [1.54, 1.807) is 11.0 Å². The molecule has 1 aromatic carbocycles. The van der Waals surface area contributed by atoms with Crippen molar-refractivity contribution < 1.29 is 14.7 Å². The Bertz CT molecular complexity index is 513. The molecule has 0 bridgehead atoms. The molecular weight excluding hydrogens is 244 g/mol. The van der Waals surface area contributed by atoms with Gasteiger partial charge in [0.15, 0.2) is 0 Å². The lowest BCUT2D eigenvalue weighted by Crippen LogP contribution is -2.25. The Morgan fingerprint density at radius 3 is 2.84 bits per heavy atom. The van der Waals surface area contributed by atoms with Crippen molar-refractivity contribution in [2.45, 2.75) is 20.3 Å². The number of nitrogens with zero attached hydrogens (tertiary/aromatic N) is 1. The third kappa shape index (κ3) is 2.93. The van der Waals surface area contributed by atoms with Gasteiger partial charge in [-0.15, -0.1) is 0 Å². The van der Waals surface area contributed by atoms with Gasteiger partial charge in [0.2, 0.25) is 11.8 Å². The summed E-state index contributed by atoms with van der Waals surface area (Å²) in [6.07, 6.45) is 0.375. The predicted octanol–water partition coefficient (Wildman–Crippen LogP) is 1.30. The summed E-state index contributed by atoms with van der Waals surface area (Å²) < 4.78 is 0. The van der Waals surface area contributed by atoms with Crippen molar-refractivity contribution in [2.24, 2.45) is 5.92 Å². The van der Waals surface area contributed by atoms with Crippen LogP contribution in [-0.2, 0) is 9.59 Å². The molecule has 102 valence electrons. The first-order valence-electron chi connectivity index (χ1n) is 6.30. The molecule has 1 atom stereocenters. The predicted molar refractivity (Wildman–Crippen MR) is 73.0 cm³/mol. The minimum Gasteiger partial charge on any atom is -0.396 e. The lowest BCUT2D eigenvalue weighted by molar-refractivity contribution is -0.117. The number of anilines is 2. The Kier molecular flexibility index (Phi) is 3.85. The van der Waals surface area contributed by atoms with Crippen LogP contribution in [0.5, 0.6) is 0 Å². The molecule has 5 nitrogen and oxygen atoms in total. The number of amides is 2. The Morgan fingerprint density at radius 1 is 1.53 bits per heavy atom. The summed E-state index contributed by atoms with van der Waals surface area (Å²) in [7, 11) is 0. The van der Waals surface area contributed by atoms with E-state index in [0.29, 0.717) is 18.7 Å². The summed E-state index contributed by atoms with van der Waals surface area (Å²) in [5.74, 6) is -0.129. The van der Waals surface area contributed by atoms with E-state index in [-0.39, 0.29) is 24.3 Å². The lowest BCUT2D eigenvalue weighted by atomic mass is 10.1. The Balaban J connectivity index is 2.26. The van der Waals surface area contributed by atoms with E-state index in [0.717, 1.165) is 11.3 Å². The zero-order valence-electron chi connectivity index (χ0n) is 11.1. The van der Waals surface area contributed by atoms with E-state index < -0.39 is 0 Å². The maximum absolute atomic E-state index is 11.9. The minimum atomic E-state index is -0.138. The van der Waals surface area contributed by atoms with Gasteiger partial charge in [0, 0.05) is 43.8 Å². The number of carbonyl (C=O) groups is 2. The van der Waals surface area contributed by atoms with Crippen LogP contribution in [0, 0.1) is 12.8 Å². The summed E-state index contributed by atoms with van der Waals surface area (Å²) in [6, 6.07) is 5.53. The fourth-order valence-corrected chi connectivity index (χ4v) is 2.26. The third-order valence-electron chi connectivity index (χ3n) is 3.31.